The van der Waals surface area contributed by atoms with Gasteiger partial charge in [-0.05, 0) is 50.1 Å². The van der Waals surface area contributed by atoms with Crippen molar-refractivity contribution in [2.24, 2.45) is 0 Å². The van der Waals surface area contributed by atoms with Crippen LogP contribution in [0, 0.1) is 6.92 Å². The molecule has 5 rings (SSSR count). The number of halogens is 3. The van der Waals surface area contributed by atoms with Crippen LogP contribution in [-0.4, -0.2) is 52.9 Å². The number of hydrogen-bond acceptors (Lipinski definition) is 6. The minimum absolute atomic E-state index is 0.00461. The molecule has 1 fully saturated rings. The van der Waals surface area contributed by atoms with Gasteiger partial charge in [0.2, 0.25) is 5.88 Å². The molecule has 1 aromatic carbocycles. The van der Waals surface area contributed by atoms with E-state index in [1.807, 2.05) is 19.9 Å². The topological polar surface area (TPSA) is 90.8 Å². The van der Waals surface area contributed by atoms with Gasteiger partial charge in [0.25, 0.3) is 0 Å². The second-order valence-corrected chi connectivity index (χ2v) is 9.82. The van der Waals surface area contributed by atoms with Crippen molar-refractivity contribution in [2.75, 3.05) is 41.4 Å². The summed E-state index contributed by atoms with van der Waals surface area (Å²) < 4.78 is 45.7. The molecule has 2 N–H and O–H groups in total. The molecule has 0 radical (unpaired) electrons. The van der Waals surface area contributed by atoms with Gasteiger partial charge < -0.3 is 20.1 Å². The lowest BCUT2D eigenvalue weighted by Gasteiger charge is -2.43. The second kappa shape index (κ2) is 9.79. The van der Waals surface area contributed by atoms with Crippen LogP contribution in [0.2, 0.25) is 0 Å². The highest BCUT2D eigenvalue weighted by molar-refractivity contribution is 6.05. The maximum absolute atomic E-state index is 13.7. The fourth-order valence-electron chi connectivity index (χ4n) is 5.04. The molecule has 0 saturated carbocycles. The molecule has 3 aromatic rings. The summed E-state index contributed by atoms with van der Waals surface area (Å²) in [6, 6.07) is 9.79. The fourth-order valence-corrected chi connectivity index (χ4v) is 5.04. The van der Waals surface area contributed by atoms with E-state index >= 15 is 0 Å². The van der Waals surface area contributed by atoms with Gasteiger partial charge in [-0.1, -0.05) is 12.1 Å². The molecule has 1 saturated heterocycles. The number of nitrogens with one attached hydrogen (secondary N) is 1. The quantitative estimate of drug-likeness (QED) is 0.426. The zero-order valence-electron chi connectivity index (χ0n) is 21.0. The van der Waals surface area contributed by atoms with E-state index in [9.17, 15) is 18.0 Å². The molecule has 2 aliphatic rings. The van der Waals surface area contributed by atoms with Crippen LogP contribution in [-0.2, 0) is 6.18 Å². The average molecular weight is 528 g/mol. The van der Waals surface area contributed by atoms with Crippen molar-refractivity contribution < 1.29 is 27.8 Å². The van der Waals surface area contributed by atoms with Crippen LogP contribution >= 0.6 is 0 Å². The van der Waals surface area contributed by atoms with E-state index < -0.39 is 23.3 Å². The van der Waals surface area contributed by atoms with Crippen molar-refractivity contribution in [3.8, 4) is 17.1 Å². The first-order valence-corrected chi connectivity index (χ1v) is 12.3. The van der Waals surface area contributed by atoms with E-state index in [4.69, 9.17) is 14.8 Å². The third-order valence-corrected chi connectivity index (χ3v) is 6.92. The molecule has 0 aliphatic carbocycles. The molecular weight excluding hydrogens is 499 g/mol. The number of benzene rings is 1. The lowest BCUT2D eigenvalue weighted by atomic mass is 9.96. The molecule has 2 aromatic heterocycles. The highest BCUT2D eigenvalue weighted by Gasteiger charge is 2.49. The molecular formula is C27H28F3N5O3. The van der Waals surface area contributed by atoms with Crippen LogP contribution in [0.5, 0.6) is 5.88 Å². The van der Waals surface area contributed by atoms with Crippen LogP contribution in [0.3, 0.4) is 0 Å². The number of carbonyl (C=O) groups is 1. The number of anilines is 3. The molecule has 4 heterocycles. The number of aryl methyl sites for hydroxylation is 1. The van der Waals surface area contributed by atoms with Gasteiger partial charge in [-0.25, -0.2) is 14.8 Å². The summed E-state index contributed by atoms with van der Waals surface area (Å²) in [4.78, 5) is 26.4. The van der Waals surface area contributed by atoms with Gasteiger partial charge in [0.15, 0.2) is 5.82 Å². The Hall–Kier alpha value is -3.86. The number of pyridine rings is 2. The number of hydrogen-bond donors (Lipinski definition) is 2. The Bertz CT molecular complexity index is 1370. The first kappa shape index (κ1) is 25.8. The number of alkyl halides is 3. The van der Waals surface area contributed by atoms with Crippen LogP contribution < -0.4 is 19.9 Å². The Morgan fingerprint density at radius 1 is 1.24 bits per heavy atom. The Kier molecular flexibility index (Phi) is 6.64. The Morgan fingerprint density at radius 2 is 2.05 bits per heavy atom. The van der Waals surface area contributed by atoms with Gasteiger partial charge in [-0.3, -0.25) is 4.90 Å². The first-order chi connectivity index (χ1) is 18.1. The predicted octanol–water partition coefficient (Wildman–Crippen LogP) is 5.25. The largest absolute Gasteiger partial charge is 0.478 e. The van der Waals surface area contributed by atoms with Crippen LogP contribution in [0.4, 0.5) is 35.2 Å². The Labute approximate surface area is 218 Å². The molecule has 38 heavy (non-hydrogen) atoms. The van der Waals surface area contributed by atoms with Crippen molar-refractivity contribution in [2.45, 2.75) is 38.4 Å². The summed E-state index contributed by atoms with van der Waals surface area (Å²) in [6.07, 6.45) is -1.80. The molecule has 200 valence electrons. The number of aliphatic hydroxyl groups is 1. The standard InChI is InChI=1S/C27H28F3N5O3/c1-17-13-21-24(33-23(17)18-5-3-6-19(14-18)27(28,29)30)35(26(2)8-10-34(21)16-26)25(37)32-20-7-9-31-22(15-20)38-12-4-11-36/h3,5-7,9,13-15,36H,4,8,10-12,16H2,1-2H3,(H,31,32,37). The van der Waals surface area contributed by atoms with Crippen LogP contribution in [0.15, 0.2) is 48.7 Å². The lowest BCUT2D eigenvalue weighted by Crippen LogP contribution is -2.56. The van der Waals surface area contributed by atoms with Crippen LogP contribution in [0.1, 0.15) is 30.9 Å². The van der Waals surface area contributed by atoms with E-state index in [1.54, 1.807) is 23.1 Å². The van der Waals surface area contributed by atoms with Gasteiger partial charge >= 0.3 is 12.2 Å². The number of aliphatic hydroxyl groups excluding tert-OH is 1. The normalized spacial score (nSPS) is 18.4. The van der Waals surface area contributed by atoms with E-state index in [0.29, 0.717) is 48.0 Å². The summed E-state index contributed by atoms with van der Waals surface area (Å²) in [5, 5.41) is 11.9. The number of urea groups is 1. The lowest BCUT2D eigenvalue weighted by molar-refractivity contribution is -0.137. The van der Waals surface area contributed by atoms with Crippen molar-refractivity contribution in [3.05, 3.63) is 59.8 Å². The molecule has 2 aliphatic heterocycles. The zero-order chi connectivity index (χ0) is 27.1. The van der Waals surface area contributed by atoms with E-state index in [-0.39, 0.29) is 13.2 Å². The van der Waals surface area contributed by atoms with Gasteiger partial charge in [0, 0.05) is 49.6 Å². The average Bonchev–Trinajstić information content (AvgIpc) is 3.22. The van der Waals surface area contributed by atoms with Crippen molar-refractivity contribution >= 4 is 23.2 Å². The minimum atomic E-state index is -4.48. The predicted molar refractivity (Wildman–Crippen MR) is 138 cm³/mol. The number of carbonyl (C=O) groups excluding carboxylic acids is 1. The Morgan fingerprint density at radius 3 is 2.82 bits per heavy atom. The number of amides is 2. The first-order valence-electron chi connectivity index (χ1n) is 12.3. The summed E-state index contributed by atoms with van der Waals surface area (Å²) in [6.45, 7) is 5.42. The third-order valence-electron chi connectivity index (χ3n) is 6.92. The maximum atomic E-state index is 13.7. The second-order valence-electron chi connectivity index (χ2n) is 9.82. The molecule has 1 atom stereocenters. The molecule has 2 amide bonds. The van der Waals surface area contributed by atoms with Crippen molar-refractivity contribution in [1.29, 1.82) is 0 Å². The molecule has 8 nitrogen and oxygen atoms in total. The van der Waals surface area contributed by atoms with Gasteiger partial charge in [0.1, 0.15) is 0 Å². The highest BCUT2D eigenvalue weighted by Crippen LogP contribution is 2.46. The van der Waals surface area contributed by atoms with E-state index in [1.165, 1.54) is 12.3 Å². The number of aromatic nitrogens is 2. The SMILES string of the molecule is Cc1cc2c(nc1-c1cccc(C(F)(F)F)c1)N(C(=O)Nc1ccnc(OCCCO)c1)C1(C)CCN2C1. The highest BCUT2D eigenvalue weighted by atomic mass is 19.4. The summed E-state index contributed by atoms with van der Waals surface area (Å²) in [5.74, 6) is 0.717. The van der Waals surface area contributed by atoms with Crippen LogP contribution in [0.25, 0.3) is 11.3 Å². The van der Waals surface area contributed by atoms with Gasteiger partial charge in [-0.2, -0.15) is 13.2 Å². The number of rotatable bonds is 6. The van der Waals surface area contributed by atoms with Gasteiger partial charge in [-0.15, -0.1) is 0 Å². The van der Waals surface area contributed by atoms with Gasteiger partial charge in [0.05, 0.1) is 29.1 Å². The molecule has 2 bridgehead atoms. The Balaban J connectivity index is 1.51. The monoisotopic (exact) mass is 527 g/mol. The number of ether oxygens (including phenoxy) is 1. The molecule has 11 heteroatoms. The summed E-state index contributed by atoms with van der Waals surface area (Å²) >= 11 is 0. The number of nitrogens with zero attached hydrogens (tertiary/aromatic N) is 4. The van der Waals surface area contributed by atoms with Crippen molar-refractivity contribution in [3.63, 3.8) is 0 Å². The summed E-state index contributed by atoms with van der Waals surface area (Å²) in [5.41, 5.74) is 1.37. The zero-order valence-corrected chi connectivity index (χ0v) is 21.0. The smallest absolute Gasteiger partial charge is 0.416 e. The summed E-state index contributed by atoms with van der Waals surface area (Å²) in [7, 11) is 0. The number of fused-ring (bicyclic) bond motifs is 4. The van der Waals surface area contributed by atoms with Crippen molar-refractivity contribution in [1.82, 2.24) is 9.97 Å². The van der Waals surface area contributed by atoms with E-state index in [0.717, 1.165) is 29.9 Å². The third kappa shape index (κ3) is 4.85. The molecule has 1 unspecified atom stereocenters. The fraction of sp³-hybridized carbons (Fsp3) is 0.370. The molecule has 0 spiro atoms. The maximum Gasteiger partial charge on any atom is 0.416 e. The van der Waals surface area contributed by atoms with E-state index in [2.05, 4.69) is 15.2 Å². The minimum Gasteiger partial charge on any atom is -0.478 e.